The van der Waals surface area contributed by atoms with Crippen LogP contribution in [0, 0.1) is 0 Å². The van der Waals surface area contributed by atoms with E-state index in [4.69, 9.17) is 0 Å². The fourth-order valence-corrected chi connectivity index (χ4v) is 8.65. The first kappa shape index (κ1) is 21.8. The van der Waals surface area contributed by atoms with Crippen LogP contribution in [-0.4, -0.2) is 59.5 Å². The van der Waals surface area contributed by atoms with Crippen molar-refractivity contribution in [3.8, 4) is 0 Å². The Balaban J connectivity index is 4.33. The molecule has 21 heavy (non-hydrogen) atoms. The summed E-state index contributed by atoms with van der Waals surface area (Å²) < 4.78 is 0. The van der Waals surface area contributed by atoms with Crippen molar-refractivity contribution in [1.82, 2.24) is 4.90 Å². The minimum absolute atomic E-state index is 0.196. The van der Waals surface area contributed by atoms with Gasteiger partial charge in [-0.1, -0.05) is 62.3 Å². The Morgan fingerprint density at radius 1 is 0.619 bits per heavy atom. The minimum Gasteiger partial charge on any atom is -0.303 e. The lowest BCUT2D eigenvalue weighted by molar-refractivity contribution is 0.324. The standard InChI is InChI=1S/C18H41NP2/c1-10-19(11-13-20(15(2)3)16(4)5)12-14-21(17(6)7)18(8)9/h15-18H,10-14H2,1-9H3. The Labute approximate surface area is 138 Å². The van der Waals surface area contributed by atoms with Crippen LogP contribution in [0.5, 0.6) is 0 Å². The van der Waals surface area contributed by atoms with Crippen molar-refractivity contribution in [3.05, 3.63) is 0 Å². The van der Waals surface area contributed by atoms with Gasteiger partial charge in [0, 0.05) is 13.1 Å². The summed E-state index contributed by atoms with van der Waals surface area (Å²) in [4.78, 5) is 2.71. The highest BCUT2D eigenvalue weighted by atomic mass is 31.1. The Bertz CT molecular complexity index is 212. The molecule has 0 aromatic rings. The zero-order valence-electron chi connectivity index (χ0n) is 16.2. The van der Waals surface area contributed by atoms with E-state index < -0.39 is 0 Å². The molecule has 3 heteroatoms. The predicted molar refractivity (Wildman–Crippen MR) is 106 cm³/mol. The molecule has 0 bridgehead atoms. The number of hydrogen-bond acceptors (Lipinski definition) is 1. The molecule has 128 valence electrons. The molecule has 1 nitrogen and oxygen atoms in total. The SMILES string of the molecule is CCN(CCP(C(C)C)C(C)C)CCP(C(C)C)C(C)C. The van der Waals surface area contributed by atoms with Crippen LogP contribution in [-0.2, 0) is 0 Å². The molecule has 0 radical (unpaired) electrons. The third kappa shape index (κ3) is 8.88. The average molecular weight is 333 g/mol. The van der Waals surface area contributed by atoms with Gasteiger partial charge in [-0.3, -0.25) is 0 Å². The maximum absolute atomic E-state index is 2.71. The maximum Gasteiger partial charge on any atom is 0.00209 e. The van der Waals surface area contributed by atoms with E-state index in [1.807, 2.05) is 0 Å². The van der Waals surface area contributed by atoms with Crippen molar-refractivity contribution in [2.45, 2.75) is 84.9 Å². The van der Waals surface area contributed by atoms with Crippen LogP contribution in [0.25, 0.3) is 0 Å². The summed E-state index contributed by atoms with van der Waals surface area (Å²) in [5, 5.41) is 0. The molecule has 0 atom stereocenters. The van der Waals surface area contributed by atoms with Crippen molar-refractivity contribution >= 4 is 15.8 Å². The highest BCUT2D eigenvalue weighted by molar-refractivity contribution is 7.59. The summed E-state index contributed by atoms with van der Waals surface area (Å²) in [7, 11) is 0.392. The maximum atomic E-state index is 2.71. The molecule has 0 fully saturated rings. The van der Waals surface area contributed by atoms with Crippen LogP contribution in [0.2, 0.25) is 0 Å². The fourth-order valence-electron chi connectivity index (χ4n) is 3.17. The molecular formula is C18H41NP2. The molecule has 0 saturated heterocycles. The lowest BCUT2D eigenvalue weighted by Gasteiger charge is -2.32. The molecule has 0 heterocycles. The van der Waals surface area contributed by atoms with Gasteiger partial charge in [-0.15, -0.1) is 15.8 Å². The molecule has 0 spiro atoms. The molecule has 0 unspecified atom stereocenters. The second-order valence-electron chi connectivity index (χ2n) is 7.28. The molecule has 0 aromatic heterocycles. The molecule has 0 N–H and O–H groups in total. The molecule has 0 saturated carbocycles. The van der Waals surface area contributed by atoms with Crippen LogP contribution in [0.3, 0.4) is 0 Å². The first-order valence-electron chi connectivity index (χ1n) is 8.94. The molecule has 0 aliphatic heterocycles. The average Bonchev–Trinajstić information content (AvgIpc) is 2.35. The Hall–Kier alpha value is 0.820. The monoisotopic (exact) mass is 333 g/mol. The van der Waals surface area contributed by atoms with Crippen molar-refractivity contribution < 1.29 is 0 Å². The van der Waals surface area contributed by atoms with E-state index in [2.05, 4.69) is 67.2 Å². The van der Waals surface area contributed by atoms with Crippen molar-refractivity contribution in [2.75, 3.05) is 32.0 Å². The Morgan fingerprint density at radius 2 is 0.905 bits per heavy atom. The van der Waals surface area contributed by atoms with E-state index in [1.165, 1.54) is 32.0 Å². The lowest BCUT2D eigenvalue weighted by atomic mass is 10.5. The van der Waals surface area contributed by atoms with Crippen LogP contribution in [0.15, 0.2) is 0 Å². The summed E-state index contributed by atoms with van der Waals surface area (Å²) in [6, 6.07) is 0. The van der Waals surface area contributed by atoms with E-state index in [-0.39, 0.29) is 15.8 Å². The van der Waals surface area contributed by atoms with Gasteiger partial charge in [-0.05, 0) is 41.5 Å². The van der Waals surface area contributed by atoms with Crippen molar-refractivity contribution in [3.63, 3.8) is 0 Å². The van der Waals surface area contributed by atoms with Gasteiger partial charge in [0.05, 0.1) is 0 Å². The largest absolute Gasteiger partial charge is 0.303 e. The van der Waals surface area contributed by atoms with Crippen LogP contribution in [0.4, 0.5) is 0 Å². The van der Waals surface area contributed by atoms with Gasteiger partial charge in [-0.2, -0.15) is 0 Å². The van der Waals surface area contributed by atoms with Gasteiger partial charge < -0.3 is 4.90 Å². The third-order valence-electron chi connectivity index (χ3n) is 4.45. The number of nitrogens with zero attached hydrogens (tertiary/aromatic N) is 1. The van der Waals surface area contributed by atoms with Gasteiger partial charge in [0.15, 0.2) is 0 Å². The summed E-state index contributed by atoms with van der Waals surface area (Å²) in [6.45, 7) is 25.5. The second kappa shape index (κ2) is 11.4. The van der Waals surface area contributed by atoms with Gasteiger partial charge in [0.25, 0.3) is 0 Å². The van der Waals surface area contributed by atoms with E-state index in [9.17, 15) is 0 Å². The van der Waals surface area contributed by atoms with Crippen LogP contribution < -0.4 is 0 Å². The van der Waals surface area contributed by atoms with Gasteiger partial charge in [-0.25, -0.2) is 0 Å². The Kier molecular flexibility index (Phi) is 11.8. The van der Waals surface area contributed by atoms with Crippen LogP contribution in [0.1, 0.15) is 62.3 Å². The fraction of sp³-hybridized carbons (Fsp3) is 1.00. The molecule has 0 amide bonds. The van der Waals surface area contributed by atoms with Crippen LogP contribution >= 0.6 is 15.8 Å². The summed E-state index contributed by atoms with van der Waals surface area (Å²) in [5.74, 6) is 0. The summed E-state index contributed by atoms with van der Waals surface area (Å²) >= 11 is 0. The first-order chi connectivity index (χ1) is 9.70. The van der Waals surface area contributed by atoms with E-state index in [0.29, 0.717) is 0 Å². The highest BCUT2D eigenvalue weighted by Gasteiger charge is 2.20. The molecule has 0 rings (SSSR count). The summed E-state index contributed by atoms with van der Waals surface area (Å²) in [6.07, 6.45) is 2.86. The predicted octanol–water partition coefficient (Wildman–Crippen LogP) is 5.91. The van der Waals surface area contributed by atoms with E-state index in [0.717, 1.165) is 22.6 Å². The van der Waals surface area contributed by atoms with Gasteiger partial charge in [0.1, 0.15) is 0 Å². The normalized spacial score (nSPS) is 13.1. The van der Waals surface area contributed by atoms with Gasteiger partial charge in [0.2, 0.25) is 0 Å². The molecule has 0 aromatic carbocycles. The highest BCUT2D eigenvalue weighted by Crippen LogP contribution is 2.46. The summed E-state index contributed by atoms with van der Waals surface area (Å²) in [5.41, 5.74) is 3.51. The zero-order valence-corrected chi connectivity index (χ0v) is 18.0. The van der Waals surface area contributed by atoms with Crippen molar-refractivity contribution in [2.24, 2.45) is 0 Å². The van der Waals surface area contributed by atoms with E-state index >= 15 is 0 Å². The number of rotatable bonds is 11. The van der Waals surface area contributed by atoms with E-state index in [1.54, 1.807) is 0 Å². The second-order valence-corrected chi connectivity index (χ2v) is 14.4. The molecular weight excluding hydrogens is 292 g/mol. The first-order valence-corrected chi connectivity index (χ1v) is 12.3. The van der Waals surface area contributed by atoms with Crippen molar-refractivity contribution in [1.29, 1.82) is 0 Å². The topological polar surface area (TPSA) is 3.24 Å². The quantitative estimate of drug-likeness (QED) is 0.425. The zero-order chi connectivity index (χ0) is 16.6. The smallest absolute Gasteiger partial charge is 0.00209 e. The third-order valence-corrected chi connectivity index (χ3v) is 11.2. The molecule has 0 aliphatic rings. The number of hydrogen-bond donors (Lipinski definition) is 0. The van der Waals surface area contributed by atoms with Gasteiger partial charge >= 0.3 is 0 Å². The Morgan fingerprint density at radius 3 is 1.10 bits per heavy atom. The minimum atomic E-state index is 0.196. The lowest BCUT2D eigenvalue weighted by Crippen LogP contribution is -2.31. The molecule has 0 aliphatic carbocycles.